The maximum atomic E-state index is 12.1. The van der Waals surface area contributed by atoms with E-state index < -0.39 is 23.2 Å². The third-order valence-electron chi connectivity index (χ3n) is 2.30. The van der Waals surface area contributed by atoms with Gasteiger partial charge >= 0.3 is 5.97 Å². The molecule has 1 atom stereocenters. The van der Waals surface area contributed by atoms with E-state index in [1.807, 2.05) is 0 Å². The molecule has 6 heteroatoms. The normalized spacial score (nSPS) is 12.6. The Morgan fingerprint density at radius 1 is 1.32 bits per heavy atom. The van der Waals surface area contributed by atoms with E-state index in [1.54, 1.807) is 13.8 Å². The van der Waals surface area contributed by atoms with Gasteiger partial charge in [-0.25, -0.2) is 4.79 Å². The highest BCUT2D eigenvalue weighted by Gasteiger charge is 2.47. The molecule has 19 heavy (non-hydrogen) atoms. The van der Waals surface area contributed by atoms with Gasteiger partial charge in [-0.15, -0.1) is 11.8 Å². The fourth-order valence-corrected chi connectivity index (χ4v) is 1.48. The number of ketones is 1. The largest absolute Gasteiger partial charge is 0.464 e. The first-order valence-electron chi connectivity index (χ1n) is 5.82. The Morgan fingerprint density at radius 3 is 2.37 bits per heavy atom. The summed E-state index contributed by atoms with van der Waals surface area (Å²) in [7, 11) is 1.33. The molecular formula is C13H19NO5. The summed E-state index contributed by atoms with van der Waals surface area (Å²) in [5, 5.41) is 2.35. The lowest BCUT2D eigenvalue weighted by Crippen LogP contribution is -2.61. The van der Waals surface area contributed by atoms with Crippen LogP contribution in [0.25, 0.3) is 0 Å². The predicted octanol–water partition coefficient (Wildman–Crippen LogP) is 0.0533. The van der Waals surface area contributed by atoms with Gasteiger partial charge < -0.3 is 14.8 Å². The average molecular weight is 269 g/mol. The Morgan fingerprint density at radius 2 is 1.95 bits per heavy atom. The lowest BCUT2D eigenvalue weighted by atomic mass is 9.90. The topological polar surface area (TPSA) is 81.7 Å². The summed E-state index contributed by atoms with van der Waals surface area (Å²) in [5.74, 6) is 3.29. The van der Waals surface area contributed by atoms with Crippen molar-refractivity contribution >= 4 is 17.7 Å². The highest BCUT2D eigenvalue weighted by atomic mass is 16.5. The van der Waals surface area contributed by atoms with Crippen LogP contribution in [-0.4, -0.2) is 43.5 Å². The molecule has 6 nitrogen and oxygen atoms in total. The first-order chi connectivity index (χ1) is 8.94. The SMILES string of the molecule is CC#CCC(NC(C)=O)(C(=O)COC)C(=O)OCC. The summed E-state index contributed by atoms with van der Waals surface area (Å²) in [6.45, 7) is 4.19. The quantitative estimate of drug-likeness (QED) is 0.401. The van der Waals surface area contributed by atoms with Crippen molar-refractivity contribution in [3.8, 4) is 11.8 Å². The van der Waals surface area contributed by atoms with Crippen LogP contribution in [0.15, 0.2) is 0 Å². The molecule has 0 heterocycles. The molecular weight excluding hydrogens is 250 g/mol. The van der Waals surface area contributed by atoms with Gasteiger partial charge in [-0.3, -0.25) is 9.59 Å². The molecule has 0 aromatic rings. The molecule has 0 aliphatic rings. The highest BCUT2D eigenvalue weighted by molar-refractivity contribution is 6.11. The molecule has 1 unspecified atom stereocenters. The molecule has 0 aromatic carbocycles. The second kappa shape index (κ2) is 8.27. The molecule has 0 rings (SSSR count). The van der Waals surface area contributed by atoms with Crippen LogP contribution in [0, 0.1) is 11.8 Å². The van der Waals surface area contributed by atoms with Gasteiger partial charge in [0.05, 0.1) is 13.0 Å². The summed E-state index contributed by atoms with van der Waals surface area (Å²) in [5.41, 5.74) is -1.80. The third-order valence-corrected chi connectivity index (χ3v) is 2.30. The molecule has 0 bridgehead atoms. The van der Waals surface area contributed by atoms with Crippen molar-refractivity contribution in [2.45, 2.75) is 32.7 Å². The van der Waals surface area contributed by atoms with E-state index in [-0.39, 0.29) is 19.6 Å². The average Bonchev–Trinajstić information content (AvgIpc) is 2.34. The highest BCUT2D eigenvalue weighted by Crippen LogP contribution is 2.15. The summed E-state index contributed by atoms with van der Waals surface area (Å²) >= 11 is 0. The maximum Gasteiger partial charge on any atom is 0.340 e. The van der Waals surface area contributed by atoms with Crippen molar-refractivity contribution in [3.05, 3.63) is 0 Å². The number of nitrogens with one attached hydrogen (secondary N) is 1. The monoisotopic (exact) mass is 269 g/mol. The van der Waals surface area contributed by atoms with E-state index in [4.69, 9.17) is 9.47 Å². The lowest BCUT2D eigenvalue weighted by Gasteiger charge is -2.28. The summed E-state index contributed by atoms with van der Waals surface area (Å²) in [6, 6.07) is 0. The molecule has 0 spiro atoms. The van der Waals surface area contributed by atoms with Crippen molar-refractivity contribution in [2.75, 3.05) is 20.3 Å². The number of esters is 1. The minimum atomic E-state index is -1.80. The van der Waals surface area contributed by atoms with Gasteiger partial charge in [-0.1, -0.05) is 0 Å². The van der Waals surface area contributed by atoms with Crippen LogP contribution in [0.3, 0.4) is 0 Å². The van der Waals surface area contributed by atoms with Gasteiger partial charge in [0, 0.05) is 14.0 Å². The summed E-state index contributed by atoms with van der Waals surface area (Å²) < 4.78 is 9.62. The minimum Gasteiger partial charge on any atom is -0.464 e. The fourth-order valence-electron chi connectivity index (χ4n) is 1.48. The number of methoxy groups -OCH3 is 1. The number of carbonyl (C=O) groups excluding carboxylic acids is 3. The van der Waals surface area contributed by atoms with Crippen LogP contribution in [0.4, 0.5) is 0 Å². The lowest BCUT2D eigenvalue weighted by molar-refractivity contribution is -0.158. The van der Waals surface area contributed by atoms with E-state index in [9.17, 15) is 14.4 Å². The van der Waals surface area contributed by atoms with Gasteiger partial charge in [-0.05, 0) is 13.8 Å². The Bertz CT molecular complexity index is 387. The molecule has 0 fully saturated rings. The second-order valence-electron chi connectivity index (χ2n) is 3.77. The molecule has 0 aromatic heterocycles. The van der Waals surface area contributed by atoms with E-state index in [0.29, 0.717) is 0 Å². The zero-order chi connectivity index (χ0) is 14.9. The van der Waals surface area contributed by atoms with E-state index >= 15 is 0 Å². The number of hydrogen-bond acceptors (Lipinski definition) is 5. The van der Waals surface area contributed by atoms with Crippen molar-refractivity contribution in [1.82, 2.24) is 5.32 Å². The van der Waals surface area contributed by atoms with Crippen molar-refractivity contribution in [1.29, 1.82) is 0 Å². The summed E-state index contributed by atoms with van der Waals surface area (Å²) in [6.07, 6.45) is -0.149. The molecule has 0 aliphatic heterocycles. The Labute approximate surface area is 112 Å². The predicted molar refractivity (Wildman–Crippen MR) is 68.1 cm³/mol. The fraction of sp³-hybridized carbons (Fsp3) is 0.615. The molecule has 106 valence electrons. The van der Waals surface area contributed by atoms with Crippen LogP contribution in [-0.2, 0) is 23.9 Å². The number of ether oxygens (including phenoxy) is 2. The van der Waals surface area contributed by atoms with Crippen molar-refractivity contribution in [2.24, 2.45) is 0 Å². The van der Waals surface area contributed by atoms with Crippen molar-refractivity contribution < 1.29 is 23.9 Å². The zero-order valence-corrected chi connectivity index (χ0v) is 11.7. The van der Waals surface area contributed by atoms with E-state index in [0.717, 1.165) is 0 Å². The number of amides is 1. The number of hydrogen-bond donors (Lipinski definition) is 1. The van der Waals surface area contributed by atoms with Crippen LogP contribution in [0.1, 0.15) is 27.2 Å². The first kappa shape index (κ1) is 17.1. The Balaban J connectivity index is 5.52. The number of rotatable bonds is 7. The molecule has 0 radical (unpaired) electrons. The van der Waals surface area contributed by atoms with Gasteiger partial charge in [0.1, 0.15) is 6.61 Å². The van der Waals surface area contributed by atoms with Crippen LogP contribution in [0.2, 0.25) is 0 Å². The molecule has 0 saturated carbocycles. The smallest absolute Gasteiger partial charge is 0.340 e. The summed E-state index contributed by atoms with van der Waals surface area (Å²) in [4.78, 5) is 35.4. The van der Waals surface area contributed by atoms with Crippen molar-refractivity contribution in [3.63, 3.8) is 0 Å². The molecule has 0 aliphatic carbocycles. The molecule has 1 N–H and O–H groups in total. The van der Waals surface area contributed by atoms with Gasteiger partial charge in [0.25, 0.3) is 0 Å². The van der Waals surface area contributed by atoms with Gasteiger partial charge in [-0.2, -0.15) is 0 Å². The van der Waals surface area contributed by atoms with E-state index in [1.165, 1.54) is 14.0 Å². The third kappa shape index (κ3) is 4.72. The van der Waals surface area contributed by atoms with Crippen LogP contribution in [0.5, 0.6) is 0 Å². The minimum absolute atomic E-state index is 0.0972. The Hall–Kier alpha value is -1.87. The second-order valence-corrected chi connectivity index (χ2v) is 3.77. The van der Waals surface area contributed by atoms with Gasteiger partial charge in [0.2, 0.25) is 11.4 Å². The van der Waals surface area contributed by atoms with E-state index in [2.05, 4.69) is 17.2 Å². The van der Waals surface area contributed by atoms with Crippen LogP contribution < -0.4 is 5.32 Å². The number of carbonyl (C=O) groups is 3. The standard InChI is InChI=1S/C13H19NO5/c1-5-7-8-13(14-10(3)15,11(16)9-18-4)12(17)19-6-2/h6,8-9H2,1-4H3,(H,14,15). The Kier molecular flexibility index (Phi) is 7.46. The zero-order valence-electron chi connectivity index (χ0n) is 11.7. The van der Waals surface area contributed by atoms with Crippen LogP contribution >= 0.6 is 0 Å². The first-order valence-corrected chi connectivity index (χ1v) is 5.82. The molecule has 1 amide bonds. The maximum absolute atomic E-state index is 12.1. The number of Topliss-reactive ketones (excluding diaryl/α,β-unsaturated/α-hetero) is 1. The molecule has 0 saturated heterocycles. The van der Waals surface area contributed by atoms with Gasteiger partial charge in [0.15, 0.2) is 5.78 Å².